The standard InChI is InChI=1S/C12H19N3O4S/c1-5-12(3,4)14-20(18,19)11-7-10(15(16)17)9(13)6-8(11)2/h6-7,14H,5,13H2,1-4H3. The van der Waals surface area contributed by atoms with Crippen LogP contribution in [-0.2, 0) is 10.0 Å². The first-order chi connectivity index (χ1) is 9.00. The average molecular weight is 301 g/mol. The Kier molecular flexibility index (Phi) is 4.40. The molecule has 0 atom stereocenters. The molecule has 1 aromatic rings. The number of hydrogen-bond acceptors (Lipinski definition) is 5. The lowest BCUT2D eigenvalue weighted by Crippen LogP contribution is -2.42. The topological polar surface area (TPSA) is 115 Å². The van der Waals surface area contributed by atoms with E-state index < -0.39 is 26.2 Å². The van der Waals surface area contributed by atoms with Gasteiger partial charge in [0.2, 0.25) is 10.0 Å². The molecule has 8 heteroatoms. The van der Waals surface area contributed by atoms with Gasteiger partial charge in [0.15, 0.2) is 0 Å². The van der Waals surface area contributed by atoms with Gasteiger partial charge in [-0.25, -0.2) is 13.1 Å². The van der Waals surface area contributed by atoms with E-state index in [9.17, 15) is 18.5 Å². The molecule has 0 radical (unpaired) electrons. The first-order valence-corrected chi connectivity index (χ1v) is 7.57. The molecule has 0 aliphatic heterocycles. The summed E-state index contributed by atoms with van der Waals surface area (Å²) in [6, 6.07) is 2.30. The molecule has 1 rings (SSSR count). The van der Waals surface area contributed by atoms with E-state index in [1.54, 1.807) is 20.8 Å². The molecule has 0 saturated heterocycles. The van der Waals surface area contributed by atoms with Crippen LogP contribution >= 0.6 is 0 Å². The fourth-order valence-electron chi connectivity index (χ4n) is 1.64. The van der Waals surface area contributed by atoms with Crippen molar-refractivity contribution in [2.75, 3.05) is 5.73 Å². The highest BCUT2D eigenvalue weighted by Gasteiger charge is 2.28. The van der Waals surface area contributed by atoms with E-state index >= 15 is 0 Å². The minimum Gasteiger partial charge on any atom is -0.393 e. The molecule has 0 unspecified atom stereocenters. The third-order valence-corrected chi connectivity index (χ3v) is 4.95. The Labute approximate surface area is 118 Å². The van der Waals surface area contributed by atoms with Gasteiger partial charge < -0.3 is 5.73 Å². The van der Waals surface area contributed by atoms with Crippen LogP contribution in [0.5, 0.6) is 0 Å². The van der Waals surface area contributed by atoms with Crippen LogP contribution in [0.1, 0.15) is 32.8 Å². The number of nitro groups is 1. The summed E-state index contributed by atoms with van der Waals surface area (Å²) in [7, 11) is -3.84. The molecule has 20 heavy (non-hydrogen) atoms. The van der Waals surface area contributed by atoms with Gasteiger partial charge in [0.05, 0.1) is 9.82 Å². The van der Waals surface area contributed by atoms with Gasteiger partial charge in [-0.1, -0.05) is 6.92 Å². The first kappa shape index (κ1) is 16.4. The molecule has 0 heterocycles. The molecular weight excluding hydrogens is 282 g/mol. The van der Waals surface area contributed by atoms with Crippen molar-refractivity contribution < 1.29 is 13.3 Å². The molecule has 0 aromatic heterocycles. The van der Waals surface area contributed by atoms with Gasteiger partial charge in [-0.05, 0) is 38.8 Å². The lowest BCUT2D eigenvalue weighted by molar-refractivity contribution is -0.384. The average Bonchev–Trinajstić information content (AvgIpc) is 2.26. The van der Waals surface area contributed by atoms with Crippen molar-refractivity contribution in [1.82, 2.24) is 4.72 Å². The molecule has 1 aromatic carbocycles. The second-order valence-corrected chi connectivity index (χ2v) is 6.93. The second-order valence-electron chi connectivity index (χ2n) is 5.28. The smallest absolute Gasteiger partial charge is 0.293 e. The molecular formula is C12H19N3O4S. The summed E-state index contributed by atoms with van der Waals surface area (Å²) < 4.78 is 27.2. The zero-order valence-electron chi connectivity index (χ0n) is 11.9. The van der Waals surface area contributed by atoms with Gasteiger partial charge in [0.1, 0.15) is 5.69 Å². The molecule has 0 fully saturated rings. The van der Waals surface area contributed by atoms with Crippen molar-refractivity contribution in [2.45, 2.75) is 44.6 Å². The Hall–Kier alpha value is -1.67. The monoisotopic (exact) mass is 301 g/mol. The number of nitrogen functional groups attached to an aromatic ring is 1. The Bertz CT molecular complexity index is 638. The highest BCUT2D eigenvalue weighted by atomic mass is 32.2. The second kappa shape index (κ2) is 5.37. The predicted molar refractivity (Wildman–Crippen MR) is 76.9 cm³/mol. The number of nitrogens with one attached hydrogen (secondary N) is 1. The Balaban J connectivity index is 3.39. The molecule has 0 spiro atoms. The number of hydrogen-bond donors (Lipinski definition) is 2. The normalized spacial score (nSPS) is 12.4. The van der Waals surface area contributed by atoms with Crippen molar-refractivity contribution in [3.8, 4) is 0 Å². The van der Waals surface area contributed by atoms with Crippen molar-refractivity contribution in [3.05, 3.63) is 27.8 Å². The number of aryl methyl sites for hydroxylation is 1. The fraction of sp³-hybridized carbons (Fsp3) is 0.500. The fourth-order valence-corrected chi connectivity index (χ4v) is 3.37. The van der Waals surface area contributed by atoms with Crippen LogP contribution in [-0.4, -0.2) is 18.9 Å². The lowest BCUT2D eigenvalue weighted by atomic mass is 10.0. The van der Waals surface area contributed by atoms with Gasteiger partial charge in [0, 0.05) is 11.6 Å². The molecule has 0 aliphatic rings. The van der Waals surface area contributed by atoms with Crippen molar-refractivity contribution in [3.63, 3.8) is 0 Å². The molecule has 0 saturated carbocycles. The maximum Gasteiger partial charge on any atom is 0.293 e. The number of nitrogens with zero attached hydrogens (tertiary/aromatic N) is 1. The van der Waals surface area contributed by atoms with E-state index in [0.717, 1.165) is 6.07 Å². The Morgan fingerprint density at radius 3 is 2.40 bits per heavy atom. The highest BCUT2D eigenvalue weighted by Crippen LogP contribution is 2.29. The minimum atomic E-state index is -3.84. The van der Waals surface area contributed by atoms with E-state index in [0.29, 0.717) is 12.0 Å². The van der Waals surface area contributed by atoms with Gasteiger partial charge in [-0.15, -0.1) is 0 Å². The predicted octanol–water partition coefficient (Wildman–Crippen LogP) is 1.95. The van der Waals surface area contributed by atoms with Gasteiger partial charge in [-0.3, -0.25) is 10.1 Å². The molecule has 3 N–H and O–H groups in total. The SMILES string of the molecule is CCC(C)(C)NS(=O)(=O)c1cc([N+](=O)[O-])c(N)cc1C. The summed E-state index contributed by atoms with van der Waals surface area (Å²) in [5.74, 6) is 0. The molecule has 0 amide bonds. The van der Waals surface area contributed by atoms with Crippen LogP contribution in [0, 0.1) is 17.0 Å². The molecule has 112 valence electrons. The van der Waals surface area contributed by atoms with Crippen LogP contribution in [0.4, 0.5) is 11.4 Å². The van der Waals surface area contributed by atoms with Crippen LogP contribution < -0.4 is 10.5 Å². The zero-order valence-corrected chi connectivity index (χ0v) is 12.7. The van der Waals surface area contributed by atoms with Gasteiger partial charge in [-0.2, -0.15) is 0 Å². The quantitative estimate of drug-likeness (QED) is 0.490. The zero-order chi connectivity index (χ0) is 15.7. The van der Waals surface area contributed by atoms with E-state index in [1.807, 2.05) is 6.92 Å². The third-order valence-electron chi connectivity index (χ3n) is 3.10. The number of nitro benzene ring substituents is 1. The van der Waals surface area contributed by atoms with E-state index in [1.165, 1.54) is 6.07 Å². The summed E-state index contributed by atoms with van der Waals surface area (Å²) >= 11 is 0. The molecule has 7 nitrogen and oxygen atoms in total. The Morgan fingerprint density at radius 2 is 1.95 bits per heavy atom. The van der Waals surface area contributed by atoms with Crippen LogP contribution in [0.25, 0.3) is 0 Å². The summed E-state index contributed by atoms with van der Waals surface area (Å²) in [5.41, 5.74) is 4.80. The number of benzene rings is 1. The first-order valence-electron chi connectivity index (χ1n) is 6.08. The van der Waals surface area contributed by atoms with Gasteiger partial charge >= 0.3 is 0 Å². The van der Waals surface area contributed by atoms with Crippen molar-refractivity contribution in [2.24, 2.45) is 0 Å². The maximum absolute atomic E-state index is 12.3. The van der Waals surface area contributed by atoms with E-state index in [-0.39, 0.29) is 10.6 Å². The summed E-state index contributed by atoms with van der Waals surface area (Å²) in [6.45, 7) is 6.88. The van der Waals surface area contributed by atoms with Crippen LogP contribution in [0.2, 0.25) is 0 Å². The summed E-state index contributed by atoms with van der Waals surface area (Å²) in [6.07, 6.45) is 0.586. The molecule has 0 bridgehead atoms. The minimum absolute atomic E-state index is 0.0544. The van der Waals surface area contributed by atoms with E-state index in [4.69, 9.17) is 5.73 Å². The third kappa shape index (κ3) is 3.45. The van der Waals surface area contributed by atoms with Crippen molar-refractivity contribution >= 4 is 21.4 Å². The lowest BCUT2D eigenvalue weighted by Gasteiger charge is -2.24. The number of rotatable bonds is 5. The summed E-state index contributed by atoms with van der Waals surface area (Å²) in [5, 5.41) is 10.9. The Morgan fingerprint density at radius 1 is 1.40 bits per heavy atom. The van der Waals surface area contributed by atoms with Crippen LogP contribution in [0.15, 0.2) is 17.0 Å². The highest BCUT2D eigenvalue weighted by molar-refractivity contribution is 7.89. The van der Waals surface area contributed by atoms with E-state index in [2.05, 4.69) is 4.72 Å². The van der Waals surface area contributed by atoms with Crippen molar-refractivity contribution in [1.29, 1.82) is 0 Å². The number of anilines is 1. The van der Waals surface area contributed by atoms with Gasteiger partial charge in [0.25, 0.3) is 5.69 Å². The maximum atomic E-state index is 12.3. The summed E-state index contributed by atoms with van der Waals surface area (Å²) in [4.78, 5) is 10.0. The largest absolute Gasteiger partial charge is 0.393 e. The van der Waals surface area contributed by atoms with Crippen LogP contribution in [0.3, 0.4) is 0 Å². The number of nitrogens with two attached hydrogens (primary N) is 1. The number of sulfonamides is 1. The molecule has 0 aliphatic carbocycles.